The van der Waals surface area contributed by atoms with Gasteiger partial charge in [-0.3, -0.25) is 14.5 Å². The SMILES string of the molecule is CC(C)[C@@H]1NC(=O)N(Cc2ccc(C(N)=O)cc2)C1=O. The molecular formula is C14H17N3O3. The fourth-order valence-electron chi connectivity index (χ4n) is 2.10. The molecule has 0 bridgehead atoms. The van der Waals surface area contributed by atoms with Crippen LogP contribution in [0.4, 0.5) is 4.79 Å². The summed E-state index contributed by atoms with van der Waals surface area (Å²) in [6.07, 6.45) is 0. The summed E-state index contributed by atoms with van der Waals surface area (Å²) < 4.78 is 0. The number of nitrogens with one attached hydrogen (secondary N) is 1. The highest BCUT2D eigenvalue weighted by Crippen LogP contribution is 2.17. The Morgan fingerprint density at radius 2 is 1.90 bits per heavy atom. The molecule has 1 fully saturated rings. The van der Waals surface area contributed by atoms with Crippen LogP contribution in [0, 0.1) is 5.92 Å². The minimum atomic E-state index is -0.508. The molecule has 0 saturated carbocycles. The molecule has 106 valence electrons. The number of benzene rings is 1. The van der Waals surface area contributed by atoms with Crippen LogP contribution in [0.3, 0.4) is 0 Å². The number of nitrogens with zero attached hydrogens (tertiary/aromatic N) is 1. The average molecular weight is 275 g/mol. The van der Waals surface area contributed by atoms with Gasteiger partial charge in [0, 0.05) is 5.56 Å². The van der Waals surface area contributed by atoms with Gasteiger partial charge < -0.3 is 11.1 Å². The molecule has 0 aromatic heterocycles. The Kier molecular flexibility index (Phi) is 3.74. The third-order valence-electron chi connectivity index (χ3n) is 3.30. The van der Waals surface area contributed by atoms with Gasteiger partial charge in [-0.05, 0) is 23.6 Å². The van der Waals surface area contributed by atoms with E-state index < -0.39 is 11.9 Å². The van der Waals surface area contributed by atoms with E-state index in [1.165, 1.54) is 4.90 Å². The van der Waals surface area contributed by atoms with Crippen molar-refractivity contribution in [2.24, 2.45) is 11.7 Å². The summed E-state index contributed by atoms with van der Waals surface area (Å²) in [5, 5.41) is 2.67. The number of carbonyl (C=O) groups excluding carboxylic acids is 3. The molecule has 0 radical (unpaired) electrons. The fourth-order valence-corrected chi connectivity index (χ4v) is 2.10. The Morgan fingerprint density at radius 1 is 1.30 bits per heavy atom. The quantitative estimate of drug-likeness (QED) is 0.798. The van der Waals surface area contributed by atoms with Crippen LogP contribution in [-0.2, 0) is 11.3 Å². The van der Waals surface area contributed by atoms with Crippen molar-refractivity contribution < 1.29 is 14.4 Å². The predicted octanol–water partition coefficient (Wildman–Crippen LogP) is 0.862. The molecule has 1 aliphatic rings. The molecule has 0 spiro atoms. The highest BCUT2D eigenvalue weighted by atomic mass is 16.2. The molecule has 6 nitrogen and oxygen atoms in total. The van der Waals surface area contributed by atoms with Crippen molar-refractivity contribution in [2.45, 2.75) is 26.4 Å². The first kappa shape index (κ1) is 14.0. The van der Waals surface area contributed by atoms with E-state index in [-0.39, 0.29) is 24.4 Å². The Bertz CT molecular complexity index is 551. The maximum Gasteiger partial charge on any atom is 0.325 e. The van der Waals surface area contributed by atoms with Crippen molar-refractivity contribution in [2.75, 3.05) is 0 Å². The van der Waals surface area contributed by atoms with Crippen LogP contribution in [0.1, 0.15) is 29.8 Å². The van der Waals surface area contributed by atoms with Crippen molar-refractivity contribution in [3.05, 3.63) is 35.4 Å². The van der Waals surface area contributed by atoms with Crippen molar-refractivity contribution in [1.82, 2.24) is 10.2 Å². The average Bonchev–Trinajstić information content (AvgIpc) is 2.67. The highest BCUT2D eigenvalue weighted by molar-refractivity contribution is 6.04. The zero-order valence-corrected chi connectivity index (χ0v) is 11.4. The zero-order valence-electron chi connectivity index (χ0n) is 11.4. The van der Waals surface area contributed by atoms with Gasteiger partial charge >= 0.3 is 6.03 Å². The summed E-state index contributed by atoms with van der Waals surface area (Å²) in [4.78, 5) is 36.1. The Labute approximate surface area is 116 Å². The second-order valence-corrected chi connectivity index (χ2v) is 5.16. The predicted molar refractivity (Wildman–Crippen MR) is 72.7 cm³/mol. The molecule has 2 rings (SSSR count). The molecule has 0 aliphatic carbocycles. The van der Waals surface area contributed by atoms with Gasteiger partial charge in [0.25, 0.3) is 5.91 Å². The van der Waals surface area contributed by atoms with Crippen LogP contribution in [0.15, 0.2) is 24.3 Å². The number of hydrogen-bond donors (Lipinski definition) is 2. The second-order valence-electron chi connectivity index (χ2n) is 5.16. The van der Waals surface area contributed by atoms with Crippen LogP contribution in [-0.4, -0.2) is 28.8 Å². The van der Waals surface area contributed by atoms with Crippen LogP contribution in [0.25, 0.3) is 0 Å². The van der Waals surface area contributed by atoms with Gasteiger partial charge in [0.2, 0.25) is 5.91 Å². The number of nitrogens with two attached hydrogens (primary N) is 1. The molecular weight excluding hydrogens is 258 g/mol. The lowest BCUT2D eigenvalue weighted by atomic mass is 10.0. The summed E-state index contributed by atoms with van der Waals surface area (Å²) >= 11 is 0. The van der Waals surface area contributed by atoms with E-state index in [2.05, 4.69) is 5.32 Å². The number of primary amides is 1. The van der Waals surface area contributed by atoms with E-state index in [1.54, 1.807) is 24.3 Å². The van der Waals surface area contributed by atoms with E-state index in [9.17, 15) is 14.4 Å². The van der Waals surface area contributed by atoms with Crippen LogP contribution >= 0.6 is 0 Å². The Balaban J connectivity index is 2.12. The number of amides is 4. The Hall–Kier alpha value is -2.37. The number of urea groups is 1. The summed E-state index contributed by atoms with van der Waals surface area (Å²) in [5.41, 5.74) is 6.32. The maximum absolute atomic E-state index is 12.1. The summed E-state index contributed by atoms with van der Waals surface area (Å²) in [6.45, 7) is 3.95. The van der Waals surface area contributed by atoms with Gasteiger partial charge in [-0.2, -0.15) is 0 Å². The third kappa shape index (κ3) is 2.64. The lowest BCUT2D eigenvalue weighted by molar-refractivity contribution is -0.128. The van der Waals surface area contributed by atoms with Gasteiger partial charge in [0.1, 0.15) is 6.04 Å². The number of hydrogen-bond acceptors (Lipinski definition) is 3. The van der Waals surface area contributed by atoms with Gasteiger partial charge in [-0.1, -0.05) is 26.0 Å². The number of carbonyl (C=O) groups is 3. The van der Waals surface area contributed by atoms with E-state index in [0.717, 1.165) is 5.56 Å². The first-order valence-electron chi connectivity index (χ1n) is 6.40. The van der Waals surface area contributed by atoms with E-state index in [1.807, 2.05) is 13.8 Å². The third-order valence-corrected chi connectivity index (χ3v) is 3.30. The molecule has 3 N–H and O–H groups in total. The summed E-state index contributed by atoms with van der Waals surface area (Å²) in [6, 6.07) is 5.68. The molecule has 1 aromatic rings. The van der Waals surface area contributed by atoms with Crippen LogP contribution < -0.4 is 11.1 Å². The molecule has 20 heavy (non-hydrogen) atoms. The van der Waals surface area contributed by atoms with Crippen molar-refractivity contribution in [1.29, 1.82) is 0 Å². The van der Waals surface area contributed by atoms with Crippen molar-refractivity contribution >= 4 is 17.8 Å². The van der Waals surface area contributed by atoms with E-state index in [0.29, 0.717) is 5.56 Å². The fraction of sp³-hybridized carbons (Fsp3) is 0.357. The molecule has 1 atom stereocenters. The highest BCUT2D eigenvalue weighted by Gasteiger charge is 2.39. The summed E-state index contributed by atoms with van der Waals surface area (Å²) in [5.74, 6) is -0.677. The Morgan fingerprint density at radius 3 is 2.35 bits per heavy atom. The number of imide groups is 1. The first-order chi connectivity index (χ1) is 9.40. The first-order valence-corrected chi connectivity index (χ1v) is 6.40. The maximum atomic E-state index is 12.1. The molecule has 6 heteroatoms. The zero-order chi connectivity index (χ0) is 14.9. The standard InChI is InChI=1S/C14H17N3O3/c1-8(2)11-13(19)17(14(20)16-11)7-9-3-5-10(6-4-9)12(15)18/h3-6,8,11H,7H2,1-2H3,(H2,15,18)(H,16,20)/t11-/m0/s1. The molecule has 1 aromatic carbocycles. The van der Waals surface area contributed by atoms with Gasteiger partial charge in [0.15, 0.2) is 0 Å². The van der Waals surface area contributed by atoms with Gasteiger partial charge in [-0.15, -0.1) is 0 Å². The molecule has 1 saturated heterocycles. The second kappa shape index (κ2) is 5.32. The lowest BCUT2D eigenvalue weighted by Gasteiger charge is -2.14. The minimum Gasteiger partial charge on any atom is -0.366 e. The van der Waals surface area contributed by atoms with Crippen LogP contribution in [0.2, 0.25) is 0 Å². The smallest absolute Gasteiger partial charge is 0.325 e. The molecule has 1 heterocycles. The topological polar surface area (TPSA) is 92.5 Å². The van der Waals surface area contributed by atoms with Crippen molar-refractivity contribution in [3.8, 4) is 0 Å². The minimum absolute atomic E-state index is 0.0497. The number of rotatable bonds is 4. The lowest BCUT2D eigenvalue weighted by Crippen LogP contribution is -2.34. The molecule has 4 amide bonds. The summed E-state index contributed by atoms with van der Waals surface area (Å²) in [7, 11) is 0. The monoisotopic (exact) mass is 275 g/mol. The van der Waals surface area contributed by atoms with Gasteiger partial charge in [0.05, 0.1) is 6.54 Å². The van der Waals surface area contributed by atoms with Gasteiger partial charge in [-0.25, -0.2) is 4.79 Å². The van der Waals surface area contributed by atoms with Crippen LogP contribution in [0.5, 0.6) is 0 Å². The van der Waals surface area contributed by atoms with Crippen molar-refractivity contribution in [3.63, 3.8) is 0 Å². The molecule has 1 aliphatic heterocycles. The molecule has 0 unspecified atom stereocenters. The van der Waals surface area contributed by atoms with E-state index in [4.69, 9.17) is 5.73 Å². The van der Waals surface area contributed by atoms with E-state index >= 15 is 0 Å². The largest absolute Gasteiger partial charge is 0.366 e. The normalized spacial score (nSPS) is 18.6.